The molecule has 0 saturated carbocycles. The minimum Gasteiger partial charge on any atom is -0.394 e. The molecule has 7 nitrogen and oxygen atoms in total. The van der Waals surface area contributed by atoms with E-state index < -0.39 is 42.0 Å². The molecule has 1 saturated heterocycles. The van der Waals surface area contributed by atoms with Crippen LogP contribution < -0.4 is 5.32 Å². The van der Waals surface area contributed by atoms with Crippen LogP contribution in [0.4, 0.5) is 0 Å². The average Bonchev–Trinajstić information content (AvgIpc) is 2.18. The Balaban J connectivity index is 2.87. The van der Waals surface area contributed by atoms with Crippen LogP contribution in [0.2, 0.25) is 0 Å². The Morgan fingerprint density at radius 1 is 1.50 bits per heavy atom. The quantitative estimate of drug-likeness (QED) is 0.233. The van der Waals surface area contributed by atoms with Gasteiger partial charge in [-0.05, 0) is 0 Å². The van der Waals surface area contributed by atoms with E-state index in [1.54, 1.807) is 0 Å². The zero-order chi connectivity index (χ0) is 12.5. The van der Waals surface area contributed by atoms with Crippen LogP contribution in [0.1, 0.15) is 6.92 Å². The predicted molar refractivity (Wildman–Crippen MR) is 55.5 cm³/mol. The Morgan fingerprint density at radius 3 is 2.50 bits per heavy atom. The van der Waals surface area contributed by atoms with Crippen molar-refractivity contribution in [2.75, 3.05) is 6.61 Å². The van der Waals surface area contributed by atoms with Gasteiger partial charge in [-0.15, -0.1) is 12.6 Å². The maximum atomic E-state index is 10.8. The summed E-state index contributed by atoms with van der Waals surface area (Å²) < 4.78 is 4.86. The fraction of sp³-hybridized carbons (Fsp3) is 0.875. The Kier molecular flexibility index (Phi) is 4.16. The zero-order valence-electron chi connectivity index (χ0n) is 8.57. The summed E-state index contributed by atoms with van der Waals surface area (Å²) in [5.74, 6) is -0.519. The Hall–Kier alpha value is -0.380. The first kappa shape index (κ1) is 13.7. The molecule has 0 bridgehead atoms. The Bertz CT molecular complexity index is 273. The molecule has 0 aliphatic carbocycles. The van der Waals surface area contributed by atoms with Crippen LogP contribution in [0, 0.1) is 0 Å². The molecular weight excluding hydrogens is 238 g/mol. The van der Waals surface area contributed by atoms with Gasteiger partial charge in [0.15, 0.2) is 0 Å². The van der Waals surface area contributed by atoms with Gasteiger partial charge in [0.05, 0.1) is 6.61 Å². The van der Waals surface area contributed by atoms with Gasteiger partial charge >= 0.3 is 0 Å². The van der Waals surface area contributed by atoms with Gasteiger partial charge in [-0.3, -0.25) is 4.79 Å². The molecule has 5 atom stereocenters. The van der Waals surface area contributed by atoms with E-state index in [1.165, 1.54) is 6.92 Å². The summed E-state index contributed by atoms with van der Waals surface area (Å²) >= 11 is 3.74. The minimum atomic E-state index is -2.16. The fourth-order valence-corrected chi connectivity index (χ4v) is 1.90. The van der Waals surface area contributed by atoms with Gasteiger partial charge in [-0.2, -0.15) is 0 Å². The lowest BCUT2D eigenvalue weighted by atomic mass is 9.97. The number of ether oxygens (including phenoxy) is 1. The number of hydrogen-bond acceptors (Lipinski definition) is 7. The summed E-state index contributed by atoms with van der Waals surface area (Å²) in [6.07, 6.45) is -4.07. The second-order valence-corrected chi connectivity index (χ2v) is 4.30. The molecule has 1 amide bonds. The van der Waals surface area contributed by atoms with Crippen LogP contribution in [-0.2, 0) is 9.53 Å². The largest absolute Gasteiger partial charge is 0.394 e. The highest BCUT2D eigenvalue weighted by molar-refractivity contribution is 7.81. The van der Waals surface area contributed by atoms with Crippen molar-refractivity contribution < 1.29 is 30.0 Å². The minimum absolute atomic E-state index is 0.519. The molecule has 1 heterocycles. The molecule has 1 fully saturated rings. The number of carbonyl (C=O) groups excluding carboxylic acids is 1. The third-order valence-corrected chi connectivity index (χ3v) is 2.72. The molecule has 16 heavy (non-hydrogen) atoms. The predicted octanol–water partition coefficient (Wildman–Crippen LogP) is -2.82. The first-order chi connectivity index (χ1) is 7.29. The summed E-state index contributed by atoms with van der Waals surface area (Å²) in [6, 6.07) is -1.29. The standard InChI is InChI=1S/C8H15NO6S/c1-3(11)9-7-6(13)5(12)4(2-10)15-8(7,14)16/h4-7,10,12-14,16H,2H2,1H3,(H,9,11)/t4-,5-,6+,7-,8-/m1/s1. The van der Waals surface area contributed by atoms with Gasteiger partial charge in [0.1, 0.15) is 24.4 Å². The van der Waals surface area contributed by atoms with Crippen molar-refractivity contribution in [2.45, 2.75) is 36.4 Å². The number of rotatable bonds is 2. The smallest absolute Gasteiger partial charge is 0.237 e. The molecule has 0 aromatic heterocycles. The van der Waals surface area contributed by atoms with Gasteiger partial charge in [0.2, 0.25) is 11.0 Å². The summed E-state index contributed by atoms with van der Waals surface area (Å²) in [7, 11) is 0. The molecule has 0 unspecified atom stereocenters. The molecule has 0 aromatic carbocycles. The molecule has 1 rings (SSSR count). The summed E-state index contributed by atoms with van der Waals surface area (Å²) in [6.45, 7) is 0.592. The third kappa shape index (κ3) is 2.65. The molecular formula is C8H15NO6S. The van der Waals surface area contributed by atoms with Crippen molar-refractivity contribution in [3.63, 3.8) is 0 Å². The van der Waals surface area contributed by atoms with Gasteiger partial charge in [0.25, 0.3) is 0 Å². The number of carbonyl (C=O) groups is 1. The van der Waals surface area contributed by atoms with Crippen molar-refractivity contribution in [1.29, 1.82) is 0 Å². The second-order valence-electron chi connectivity index (χ2n) is 3.66. The molecule has 0 aromatic rings. The van der Waals surface area contributed by atoms with E-state index in [9.17, 15) is 20.1 Å². The highest BCUT2D eigenvalue weighted by atomic mass is 32.1. The zero-order valence-corrected chi connectivity index (χ0v) is 9.46. The lowest BCUT2D eigenvalue weighted by Crippen LogP contribution is -2.68. The number of amides is 1. The summed E-state index contributed by atoms with van der Waals surface area (Å²) in [4.78, 5) is 10.8. The van der Waals surface area contributed by atoms with Crippen LogP contribution in [0.3, 0.4) is 0 Å². The van der Waals surface area contributed by atoms with Crippen molar-refractivity contribution in [3.05, 3.63) is 0 Å². The highest BCUT2D eigenvalue weighted by Gasteiger charge is 2.51. The van der Waals surface area contributed by atoms with Crippen LogP contribution in [-0.4, -0.2) is 62.4 Å². The van der Waals surface area contributed by atoms with E-state index in [0.717, 1.165) is 0 Å². The van der Waals surface area contributed by atoms with E-state index in [2.05, 4.69) is 17.9 Å². The molecule has 1 aliphatic heterocycles. The van der Waals surface area contributed by atoms with Gasteiger partial charge in [-0.25, -0.2) is 0 Å². The molecule has 94 valence electrons. The van der Waals surface area contributed by atoms with Gasteiger partial charge in [0, 0.05) is 6.92 Å². The van der Waals surface area contributed by atoms with Gasteiger partial charge in [-0.1, -0.05) is 0 Å². The van der Waals surface area contributed by atoms with Gasteiger partial charge < -0.3 is 30.5 Å². The highest BCUT2D eigenvalue weighted by Crippen LogP contribution is 2.30. The first-order valence-electron chi connectivity index (χ1n) is 4.66. The number of nitrogens with one attached hydrogen (secondary N) is 1. The van der Waals surface area contributed by atoms with E-state index in [0.29, 0.717) is 0 Å². The van der Waals surface area contributed by atoms with Crippen LogP contribution >= 0.6 is 12.6 Å². The maximum Gasteiger partial charge on any atom is 0.237 e. The van der Waals surface area contributed by atoms with E-state index in [1.807, 2.05) is 0 Å². The number of hydrogen-bond donors (Lipinski definition) is 6. The Morgan fingerprint density at radius 2 is 2.06 bits per heavy atom. The second kappa shape index (κ2) is 4.86. The molecule has 0 spiro atoms. The monoisotopic (exact) mass is 253 g/mol. The number of aliphatic hydroxyl groups is 4. The molecule has 5 N–H and O–H groups in total. The van der Waals surface area contributed by atoms with Crippen molar-refractivity contribution in [2.24, 2.45) is 0 Å². The maximum absolute atomic E-state index is 10.8. The topological polar surface area (TPSA) is 119 Å². The lowest BCUT2D eigenvalue weighted by Gasteiger charge is -2.45. The Labute approximate surface area is 97.4 Å². The molecule has 8 heteroatoms. The molecule has 1 aliphatic rings. The van der Waals surface area contributed by atoms with E-state index in [-0.39, 0.29) is 0 Å². The van der Waals surface area contributed by atoms with E-state index in [4.69, 9.17) is 9.84 Å². The normalized spacial score (nSPS) is 44.1. The average molecular weight is 253 g/mol. The summed E-state index contributed by atoms with van der Waals surface area (Å²) in [5.41, 5.74) is 0. The first-order valence-corrected chi connectivity index (χ1v) is 5.11. The van der Waals surface area contributed by atoms with Crippen LogP contribution in [0.15, 0.2) is 0 Å². The van der Waals surface area contributed by atoms with Crippen LogP contribution in [0.5, 0.6) is 0 Å². The fourth-order valence-electron chi connectivity index (χ4n) is 1.55. The molecule has 0 radical (unpaired) electrons. The summed E-state index contributed by atoms with van der Waals surface area (Å²) in [5, 5.41) is 37.8. The van der Waals surface area contributed by atoms with E-state index >= 15 is 0 Å². The van der Waals surface area contributed by atoms with Crippen molar-refractivity contribution in [1.82, 2.24) is 5.32 Å². The third-order valence-electron chi connectivity index (χ3n) is 2.34. The number of thiol groups is 1. The number of aliphatic hydroxyl groups excluding tert-OH is 3. The van der Waals surface area contributed by atoms with Crippen molar-refractivity contribution >= 4 is 18.5 Å². The lowest BCUT2D eigenvalue weighted by molar-refractivity contribution is -0.271. The SMILES string of the molecule is CC(=O)N[C@@H]1[C@@H](O)[C@H](O)[C@@H](CO)O[C@@]1(O)S. The van der Waals surface area contributed by atoms with Crippen LogP contribution in [0.25, 0.3) is 0 Å². The van der Waals surface area contributed by atoms with Crippen molar-refractivity contribution in [3.8, 4) is 0 Å².